The van der Waals surface area contributed by atoms with Gasteiger partial charge in [-0.1, -0.05) is 17.2 Å². The second-order valence-electron chi connectivity index (χ2n) is 3.62. The normalized spacial score (nSPS) is 13.6. The van der Waals surface area contributed by atoms with Crippen LogP contribution in [0.1, 0.15) is 33.6 Å². The Kier molecular flexibility index (Phi) is 5.88. The lowest BCUT2D eigenvalue weighted by Crippen LogP contribution is -2.16. The number of rotatable bonds is 5. The van der Waals surface area contributed by atoms with Gasteiger partial charge in [0.2, 0.25) is 0 Å². The Hall–Kier alpha value is -1.09. The predicted molar refractivity (Wildman–Crippen MR) is 56.1 cm³/mol. The molecule has 0 saturated heterocycles. The van der Waals surface area contributed by atoms with E-state index < -0.39 is 12.1 Å². The van der Waals surface area contributed by atoms with Crippen molar-refractivity contribution in [3.05, 3.63) is 23.3 Å². The highest BCUT2D eigenvalue weighted by Gasteiger charge is 2.08. The zero-order chi connectivity index (χ0) is 11.1. The molecule has 3 heteroatoms. The molecule has 0 amide bonds. The van der Waals surface area contributed by atoms with Crippen molar-refractivity contribution in [2.24, 2.45) is 0 Å². The highest BCUT2D eigenvalue weighted by Crippen LogP contribution is 2.07. The average Bonchev–Trinajstić information content (AvgIpc) is 2.02. The molecule has 0 spiro atoms. The number of aliphatic hydroxyl groups excluding tert-OH is 1. The van der Waals surface area contributed by atoms with Crippen LogP contribution in [-0.2, 0) is 4.79 Å². The van der Waals surface area contributed by atoms with Crippen LogP contribution in [0.4, 0.5) is 0 Å². The van der Waals surface area contributed by atoms with E-state index in [1.165, 1.54) is 11.6 Å². The largest absolute Gasteiger partial charge is 0.479 e. The predicted octanol–water partition coefficient (Wildman–Crippen LogP) is 2.12. The highest BCUT2D eigenvalue weighted by molar-refractivity contribution is 5.74. The minimum Gasteiger partial charge on any atom is -0.479 e. The highest BCUT2D eigenvalue weighted by atomic mass is 16.4. The Morgan fingerprint density at radius 3 is 2.36 bits per heavy atom. The van der Waals surface area contributed by atoms with Crippen LogP contribution in [0.25, 0.3) is 0 Å². The summed E-state index contributed by atoms with van der Waals surface area (Å²) in [7, 11) is 0. The van der Waals surface area contributed by atoms with E-state index in [0.29, 0.717) is 0 Å². The van der Waals surface area contributed by atoms with Gasteiger partial charge in [-0.3, -0.25) is 0 Å². The first kappa shape index (κ1) is 12.9. The second kappa shape index (κ2) is 6.38. The summed E-state index contributed by atoms with van der Waals surface area (Å²) in [5, 5.41) is 17.5. The van der Waals surface area contributed by atoms with Crippen molar-refractivity contribution in [3.63, 3.8) is 0 Å². The van der Waals surface area contributed by atoms with Gasteiger partial charge < -0.3 is 10.2 Å². The number of hydrogen-bond acceptors (Lipinski definition) is 2. The monoisotopic (exact) mass is 198 g/mol. The molecule has 0 aromatic rings. The van der Waals surface area contributed by atoms with E-state index in [2.05, 4.69) is 6.08 Å². The van der Waals surface area contributed by atoms with Crippen LogP contribution >= 0.6 is 0 Å². The molecule has 2 N–H and O–H groups in total. The maximum absolute atomic E-state index is 10.3. The minimum atomic E-state index is -1.37. The van der Waals surface area contributed by atoms with E-state index in [1.807, 2.05) is 20.8 Å². The number of carboxylic acid groups (broad SMARTS) is 1. The molecule has 3 nitrogen and oxygen atoms in total. The molecule has 0 bridgehead atoms. The topological polar surface area (TPSA) is 57.5 Å². The smallest absolute Gasteiger partial charge is 0.336 e. The second-order valence-corrected chi connectivity index (χ2v) is 3.62. The van der Waals surface area contributed by atoms with Crippen LogP contribution in [0.2, 0.25) is 0 Å². The molecule has 0 fully saturated rings. The molecule has 1 unspecified atom stereocenters. The molecule has 0 radical (unpaired) electrons. The molecule has 0 aromatic carbocycles. The first-order valence-corrected chi connectivity index (χ1v) is 4.65. The first-order valence-electron chi connectivity index (χ1n) is 4.65. The average molecular weight is 198 g/mol. The third-order valence-electron chi connectivity index (χ3n) is 1.79. The van der Waals surface area contributed by atoms with Gasteiger partial charge in [-0.05, 0) is 39.7 Å². The fraction of sp³-hybridized carbons (Fsp3) is 0.545. The molecule has 0 aliphatic carbocycles. The van der Waals surface area contributed by atoms with Crippen molar-refractivity contribution in [2.45, 2.75) is 39.7 Å². The molecule has 0 aromatic heterocycles. The van der Waals surface area contributed by atoms with Crippen LogP contribution in [0.15, 0.2) is 23.3 Å². The summed E-state index contributed by atoms with van der Waals surface area (Å²) in [6.07, 6.45) is 3.76. The minimum absolute atomic E-state index is 0.787. The summed E-state index contributed by atoms with van der Waals surface area (Å²) in [5.41, 5.74) is 2.15. The number of allylic oxidation sites excluding steroid dienone is 3. The van der Waals surface area contributed by atoms with Gasteiger partial charge in [0.05, 0.1) is 0 Å². The van der Waals surface area contributed by atoms with E-state index >= 15 is 0 Å². The van der Waals surface area contributed by atoms with Crippen molar-refractivity contribution in [1.82, 2.24) is 0 Å². The summed E-state index contributed by atoms with van der Waals surface area (Å²) < 4.78 is 0. The Morgan fingerprint density at radius 2 is 1.93 bits per heavy atom. The van der Waals surface area contributed by atoms with Crippen molar-refractivity contribution in [3.8, 4) is 0 Å². The van der Waals surface area contributed by atoms with Crippen LogP contribution in [-0.4, -0.2) is 22.3 Å². The van der Waals surface area contributed by atoms with Crippen molar-refractivity contribution in [1.29, 1.82) is 0 Å². The Bertz CT molecular complexity index is 247. The fourth-order valence-corrected chi connectivity index (χ4v) is 1.01. The number of carbonyl (C=O) groups is 1. The van der Waals surface area contributed by atoms with Gasteiger partial charge in [0.15, 0.2) is 6.10 Å². The number of carboxylic acids is 1. The van der Waals surface area contributed by atoms with Gasteiger partial charge in [-0.2, -0.15) is 0 Å². The third-order valence-corrected chi connectivity index (χ3v) is 1.79. The lowest BCUT2D eigenvalue weighted by atomic mass is 10.1. The maximum Gasteiger partial charge on any atom is 0.336 e. The van der Waals surface area contributed by atoms with Gasteiger partial charge >= 0.3 is 5.97 Å². The lowest BCUT2D eigenvalue weighted by Gasteiger charge is -2.02. The summed E-state index contributed by atoms with van der Waals surface area (Å²) in [4.78, 5) is 10.3. The van der Waals surface area contributed by atoms with E-state index in [9.17, 15) is 4.79 Å². The summed E-state index contributed by atoms with van der Waals surface area (Å²) in [6.45, 7) is 5.86. The zero-order valence-corrected chi connectivity index (χ0v) is 8.95. The molecular weight excluding hydrogens is 180 g/mol. The number of hydrogen-bond donors (Lipinski definition) is 2. The summed E-state index contributed by atoms with van der Waals surface area (Å²) in [5.74, 6) is -1.20. The number of aliphatic hydroxyl groups is 1. The molecule has 0 saturated carbocycles. The van der Waals surface area contributed by atoms with Crippen LogP contribution in [0, 0.1) is 0 Å². The zero-order valence-electron chi connectivity index (χ0n) is 8.95. The molecule has 0 rings (SSSR count). The van der Waals surface area contributed by atoms with Crippen molar-refractivity contribution in [2.75, 3.05) is 0 Å². The van der Waals surface area contributed by atoms with E-state index in [1.54, 1.807) is 0 Å². The Morgan fingerprint density at radius 1 is 1.36 bits per heavy atom. The summed E-state index contributed by atoms with van der Waals surface area (Å²) in [6, 6.07) is 0. The van der Waals surface area contributed by atoms with Crippen LogP contribution in [0.5, 0.6) is 0 Å². The quantitative estimate of drug-likeness (QED) is 0.665. The molecule has 14 heavy (non-hydrogen) atoms. The van der Waals surface area contributed by atoms with Crippen molar-refractivity contribution >= 4 is 5.97 Å². The molecule has 0 aliphatic rings. The van der Waals surface area contributed by atoms with Crippen LogP contribution in [0.3, 0.4) is 0 Å². The van der Waals surface area contributed by atoms with E-state index in [-0.39, 0.29) is 0 Å². The van der Waals surface area contributed by atoms with Gasteiger partial charge in [0.1, 0.15) is 0 Å². The Balaban J connectivity index is 4.01. The van der Waals surface area contributed by atoms with Gasteiger partial charge in [-0.15, -0.1) is 0 Å². The SMILES string of the molecule is CC(C)=CCC/C(C)=C/C(O)C(=O)O. The summed E-state index contributed by atoms with van der Waals surface area (Å²) >= 11 is 0. The van der Waals surface area contributed by atoms with Gasteiger partial charge in [0, 0.05) is 0 Å². The molecule has 0 aliphatic heterocycles. The Labute approximate surface area is 84.8 Å². The third kappa shape index (κ3) is 6.43. The standard InChI is InChI=1S/C11H18O3/c1-8(2)5-4-6-9(3)7-10(12)11(13)14/h5,7,10,12H,4,6H2,1-3H3,(H,13,14)/b9-7+. The maximum atomic E-state index is 10.3. The van der Waals surface area contributed by atoms with E-state index in [0.717, 1.165) is 18.4 Å². The van der Waals surface area contributed by atoms with Crippen molar-refractivity contribution < 1.29 is 15.0 Å². The van der Waals surface area contributed by atoms with Gasteiger partial charge in [0.25, 0.3) is 0 Å². The van der Waals surface area contributed by atoms with E-state index in [4.69, 9.17) is 10.2 Å². The van der Waals surface area contributed by atoms with Crippen LogP contribution < -0.4 is 0 Å². The lowest BCUT2D eigenvalue weighted by molar-refractivity contribution is -0.144. The fourth-order valence-electron chi connectivity index (χ4n) is 1.01. The molecule has 1 atom stereocenters. The first-order chi connectivity index (χ1) is 6.43. The molecular formula is C11H18O3. The van der Waals surface area contributed by atoms with Gasteiger partial charge in [-0.25, -0.2) is 4.79 Å². The molecule has 80 valence electrons. The number of aliphatic carboxylic acids is 1. The molecule has 0 heterocycles.